The molecule has 0 radical (unpaired) electrons. The van der Waals surface area contributed by atoms with Crippen LogP contribution in [0.15, 0.2) is 24.3 Å². The molecule has 1 heterocycles. The van der Waals surface area contributed by atoms with Crippen LogP contribution >= 0.6 is 0 Å². The Hall–Kier alpha value is -1.68. The Labute approximate surface area is 113 Å². The van der Waals surface area contributed by atoms with Gasteiger partial charge in [0.15, 0.2) is 5.82 Å². The van der Waals surface area contributed by atoms with E-state index in [-0.39, 0.29) is 0 Å². The lowest BCUT2D eigenvalue weighted by molar-refractivity contribution is 0.386. The summed E-state index contributed by atoms with van der Waals surface area (Å²) in [6.45, 7) is 3.52. The molecule has 2 aromatic rings. The van der Waals surface area contributed by atoms with Crippen molar-refractivity contribution in [2.24, 2.45) is 5.73 Å². The second-order valence-electron chi connectivity index (χ2n) is 5.22. The normalized spacial score (nSPS) is 15.5. The van der Waals surface area contributed by atoms with Gasteiger partial charge >= 0.3 is 0 Å². The Kier molecular flexibility index (Phi) is 3.34. The molecule has 1 aliphatic rings. The summed E-state index contributed by atoms with van der Waals surface area (Å²) in [5.41, 5.74) is 6.75. The molecule has 3 rings (SSSR count). The van der Waals surface area contributed by atoms with Crippen LogP contribution in [0.3, 0.4) is 0 Å². The average Bonchev–Trinajstić information content (AvgIpc) is 2.37. The third-order valence-electron chi connectivity index (χ3n) is 4.01. The number of fused-ring (bicyclic) bond motifs is 1. The van der Waals surface area contributed by atoms with Gasteiger partial charge in [-0.15, -0.1) is 5.10 Å². The van der Waals surface area contributed by atoms with Crippen molar-refractivity contribution >= 4 is 16.6 Å². The van der Waals surface area contributed by atoms with Gasteiger partial charge in [0.1, 0.15) is 0 Å². The molecule has 0 atom stereocenters. The van der Waals surface area contributed by atoms with E-state index in [0.717, 1.165) is 18.1 Å². The van der Waals surface area contributed by atoms with Crippen LogP contribution in [-0.2, 0) is 0 Å². The second kappa shape index (κ2) is 5.13. The maximum atomic E-state index is 5.77. The summed E-state index contributed by atoms with van der Waals surface area (Å²) in [4.78, 5) is 2.35. The minimum absolute atomic E-state index is 0.587. The van der Waals surface area contributed by atoms with E-state index in [1.165, 1.54) is 30.0 Å². The molecule has 19 heavy (non-hydrogen) atoms. The number of hydrogen-bond donors (Lipinski definition) is 1. The van der Waals surface area contributed by atoms with Gasteiger partial charge in [0.05, 0.1) is 5.69 Å². The number of anilines is 1. The molecule has 1 aliphatic carbocycles. The highest BCUT2D eigenvalue weighted by atomic mass is 15.3. The average molecular weight is 256 g/mol. The summed E-state index contributed by atoms with van der Waals surface area (Å²) < 4.78 is 0. The van der Waals surface area contributed by atoms with E-state index in [0.29, 0.717) is 12.6 Å². The molecule has 1 fully saturated rings. The number of aromatic nitrogens is 2. The molecule has 1 saturated carbocycles. The van der Waals surface area contributed by atoms with Crippen molar-refractivity contribution in [3.63, 3.8) is 0 Å². The van der Waals surface area contributed by atoms with Gasteiger partial charge in [0.25, 0.3) is 0 Å². The molecular weight excluding hydrogens is 236 g/mol. The van der Waals surface area contributed by atoms with Gasteiger partial charge in [-0.1, -0.05) is 24.3 Å². The minimum atomic E-state index is 0.587. The van der Waals surface area contributed by atoms with E-state index in [2.05, 4.69) is 39.4 Å². The van der Waals surface area contributed by atoms with Crippen LogP contribution in [0.1, 0.15) is 25.0 Å². The first-order valence-corrected chi connectivity index (χ1v) is 7.00. The fraction of sp³-hybridized carbons (Fsp3) is 0.467. The monoisotopic (exact) mass is 256 g/mol. The third-order valence-corrected chi connectivity index (χ3v) is 4.01. The molecule has 100 valence electrons. The smallest absolute Gasteiger partial charge is 0.159 e. The van der Waals surface area contributed by atoms with E-state index < -0.39 is 0 Å². The summed E-state index contributed by atoms with van der Waals surface area (Å²) >= 11 is 0. The summed E-state index contributed by atoms with van der Waals surface area (Å²) in [5.74, 6) is 0.997. The van der Waals surface area contributed by atoms with E-state index in [9.17, 15) is 0 Å². The van der Waals surface area contributed by atoms with Gasteiger partial charge in [-0.05, 0) is 26.2 Å². The summed E-state index contributed by atoms with van der Waals surface area (Å²) in [6, 6.07) is 8.95. The van der Waals surface area contributed by atoms with Crippen molar-refractivity contribution < 1.29 is 0 Å². The lowest BCUT2D eigenvalue weighted by Crippen LogP contribution is -2.43. The van der Waals surface area contributed by atoms with Crippen molar-refractivity contribution in [3.8, 4) is 0 Å². The molecular formula is C15H20N4. The van der Waals surface area contributed by atoms with E-state index in [1.807, 2.05) is 6.92 Å². The molecule has 0 aliphatic heterocycles. The number of rotatable bonds is 4. The molecule has 0 saturated heterocycles. The molecule has 1 aromatic carbocycles. The van der Waals surface area contributed by atoms with Crippen molar-refractivity contribution in [1.82, 2.24) is 10.2 Å². The predicted molar refractivity (Wildman–Crippen MR) is 78.3 cm³/mol. The number of hydrogen-bond acceptors (Lipinski definition) is 4. The summed E-state index contributed by atoms with van der Waals surface area (Å²) in [6.07, 6.45) is 3.79. The fourth-order valence-corrected chi connectivity index (χ4v) is 2.73. The van der Waals surface area contributed by atoms with Crippen LogP contribution in [0.5, 0.6) is 0 Å². The minimum Gasteiger partial charge on any atom is -0.350 e. The quantitative estimate of drug-likeness (QED) is 0.911. The first-order valence-electron chi connectivity index (χ1n) is 7.00. The first-order chi connectivity index (χ1) is 9.31. The molecule has 0 spiro atoms. The predicted octanol–water partition coefficient (Wildman–Crippen LogP) is 2.26. The van der Waals surface area contributed by atoms with Crippen LogP contribution in [0.2, 0.25) is 0 Å². The maximum absolute atomic E-state index is 5.77. The number of nitrogens with two attached hydrogens (primary N) is 1. The topological polar surface area (TPSA) is 55.0 Å². The third kappa shape index (κ3) is 2.16. The fourth-order valence-electron chi connectivity index (χ4n) is 2.73. The van der Waals surface area contributed by atoms with Gasteiger partial charge in [-0.3, -0.25) is 0 Å². The summed E-state index contributed by atoms with van der Waals surface area (Å²) in [7, 11) is 0. The highest BCUT2D eigenvalue weighted by Gasteiger charge is 2.27. The van der Waals surface area contributed by atoms with Gasteiger partial charge < -0.3 is 10.6 Å². The molecule has 0 unspecified atom stereocenters. The Morgan fingerprint density at radius 2 is 1.95 bits per heavy atom. The van der Waals surface area contributed by atoms with Gasteiger partial charge in [0.2, 0.25) is 0 Å². The standard InChI is InChI=1S/C15H20N4/c1-11-13-7-2-3-8-14(13)15(18-17-11)19(10-9-16)12-5-4-6-12/h2-3,7-8,12H,4-6,9-10,16H2,1H3. The molecule has 4 nitrogen and oxygen atoms in total. The zero-order valence-electron chi connectivity index (χ0n) is 11.3. The number of aryl methyl sites for hydroxylation is 1. The van der Waals surface area contributed by atoms with Gasteiger partial charge in [-0.2, -0.15) is 5.10 Å². The van der Waals surface area contributed by atoms with Crippen molar-refractivity contribution in [1.29, 1.82) is 0 Å². The lowest BCUT2D eigenvalue weighted by atomic mass is 9.91. The maximum Gasteiger partial charge on any atom is 0.159 e. The second-order valence-corrected chi connectivity index (χ2v) is 5.22. The Morgan fingerprint density at radius 1 is 1.21 bits per heavy atom. The van der Waals surface area contributed by atoms with Crippen LogP contribution in [-0.4, -0.2) is 29.3 Å². The van der Waals surface area contributed by atoms with E-state index in [4.69, 9.17) is 5.73 Å². The summed E-state index contributed by atoms with van der Waals surface area (Å²) in [5, 5.41) is 11.1. The number of nitrogens with zero attached hydrogens (tertiary/aromatic N) is 3. The Balaban J connectivity index is 2.09. The van der Waals surface area contributed by atoms with Gasteiger partial charge in [-0.25, -0.2) is 0 Å². The molecule has 2 N–H and O–H groups in total. The Bertz CT molecular complexity index is 577. The molecule has 1 aromatic heterocycles. The van der Waals surface area contributed by atoms with Gasteiger partial charge in [0, 0.05) is 29.9 Å². The molecule has 0 amide bonds. The van der Waals surface area contributed by atoms with Crippen molar-refractivity contribution in [2.45, 2.75) is 32.2 Å². The zero-order chi connectivity index (χ0) is 13.2. The highest BCUT2D eigenvalue weighted by Crippen LogP contribution is 2.32. The highest BCUT2D eigenvalue weighted by molar-refractivity contribution is 5.93. The van der Waals surface area contributed by atoms with Crippen LogP contribution in [0, 0.1) is 6.92 Å². The SMILES string of the molecule is Cc1nnc(N(CCN)C2CCC2)c2ccccc12. The zero-order valence-corrected chi connectivity index (χ0v) is 11.3. The largest absolute Gasteiger partial charge is 0.350 e. The van der Waals surface area contributed by atoms with Crippen LogP contribution < -0.4 is 10.6 Å². The van der Waals surface area contributed by atoms with Crippen LogP contribution in [0.4, 0.5) is 5.82 Å². The first kappa shape index (κ1) is 12.4. The van der Waals surface area contributed by atoms with E-state index >= 15 is 0 Å². The Morgan fingerprint density at radius 3 is 2.58 bits per heavy atom. The molecule has 4 heteroatoms. The van der Waals surface area contributed by atoms with Crippen LogP contribution in [0.25, 0.3) is 10.8 Å². The molecule has 0 bridgehead atoms. The van der Waals surface area contributed by atoms with E-state index in [1.54, 1.807) is 0 Å². The van der Waals surface area contributed by atoms with Crippen molar-refractivity contribution in [2.75, 3.05) is 18.0 Å². The number of benzene rings is 1. The van der Waals surface area contributed by atoms with Crippen molar-refractivity contribution in [3.05, 3.63) is 30.0 Å². The lowest BCUT2D eigenvalue weighted by Gasteiger charge is -2.38.